The number of likely N-dealkylation sites (tertiary alicyclic amines) is 1. The number of nitrogens with zero attached hydrogens (tertiary/aromatic N) is 3. The van der Waals surface area contributed by atoms with Gasteiger partial charge in [-0.15, -0.1) is 12.4 Å². The average Bonchev–Trinajstić information content (AvgIpc) is 3.19. The molecule has 1 aromatic rings. The first kappa shape index (κ1) is 19.8. The highest BCUT2D eigenvalue weighted by Crippen LogP contribution is 2.37. The monoisotopic (exact) mass is 390 g/mol. The van der Waals surface area contributed by atoms with Gasteiger partial charge in [0, 0.05) is 32.0 Å². The average molecular weight is 391 g/mol. The minimum absolute atomic E-state index is 0. The number of halogens is 1. The molecule has 1 saturated carbocycles. The minimum Gasteiger partial charge on any atom is -0.337 e. The highest BCUT2D eigenvalue weighted by Gasteiger charge is 2.43. The number of amides is 2. The lowest BCUT2D eigenvalue weighted by Crippen LogP contribution is -2.42. The second-order valence-corrected chi connectivity index (χ2v) is 7.92. The van der Waals surface area contributed by atoms with Crippen molar-refractivity contribution in [3.63, 3.8) is 0 Å². The maximum atomic E-state index is 13.0. The first-order valence-corrected chi connectivity index (χ1v) is 9.46. The smallest absolute Gasteiger partial charge is 0.270 e. The Kier molecular flexibility index (Phi) is 5.58. The number of hydrogen-bond acceptors (Lipinski definition) is 4. The van der Waals surface area contributed by atoms with Crippen molar-refractivity contribution >= 4 is 35.6 Å². The largest absolute Gasteiger partial charge is 0.337 e. The highest BCUT2D eigenvalue weighted by atomic mass is 35.5. The van der Waals surface area contributed by atoms with Crippen LogP contribution >= 0.6 is 12.4 Å². The van der Waals surface area contributed by atoms with Crippen LogP contribution in [0.2, 0.25) is 0 Å². The molecule has 3 aliphatic rings. The standard InChI is InChI=1S/C20H26N4O2.ClH/c1-12-3-4-13(2)18(9-12)24-19(25)8-7-17(22-24)20(26)23-10-14-5-6-16(21)15(14)11-23;/h3-4,9,14-16H,5-8,10-11,21H2,1-2H3;1H. The van der Waals surface area contributed by atoms with Crippen LogP contribution in [-0.2, 0) is 9.59 Å². The molecule has 2 fully saturated rings. The maximum absolute atomic E-state index is 13.0. The van der Waals surface area contributed by atoms with E-state index in [1.165, 1.54) is 5.01 Å². The lowest BCUT2D eigenvalue weighted by Gasteiger charge is -2.27. The molecule has 2 N–H and O–H groups in total. The third-order valence-electron chi connectivity index (χ3n) is 6.07. The van der Waals surface area contributed by atoms with Crippen molar-refractivity contribution in [1.82, 2.24) is 4.90 Å². The van der Waals surface area contributed by atoms with E-state index in [0.29, 0.717) is 30.4 Å². The van der Waals surface area contributed by atoms with Crippen LogP contribution in [0.15, 0.2) is 23.3 Å². The maximum Gasteiger partial charge on any atom is 0.270 e. The Hall–Kier alpha value is -1.92. The minimum atomic E-state index is -0.0597. The highest BCUT2D eigenvalue weighted by molar-refractivity contribution is 6.40. The molecule has 4 rings (SSSR count). The number of benzene rings is 1. The summed E-state index contributed by atoms with van der Waals surface area (Å²) in [5.74, 6) is 0.847. The molecule has 1 aliphatic carbocycles. The zero-order chi connectivity index (χ0) is 18.4. The van der Waals surface area contributed by atoms with Crippen LogP contribution in [0.3, 0.4) is 0 Å². The normalized spacial score (nSPS) is 27.3. The van der Waals surface area contributed by atoms with Gasteiger partial charge in [-0.1, -0.05) is 12.1 Å². The molecule has 0 bridgehead atoms. The number of carbonyl (C=O) groups is 2. The summed E-state index contributed by atoms with van der Waals surface area (Å²) >= 11 is 0. The van der Waals surface area contributed by atoms with Gasteiger partial charge in [0.1, 0.15) is 5.71 Å². The summed E-state index contributed by atoms with van der Waals surface area (Å²) in [6, 6.07) is 6.14. The zero-order valence-corrected chi connectivity index (χ0v) is 16.7. The Bertz CT molecular complexity index is 794. The molecule has 2 amide bonds. The SMILES string of the molecule is Cc1ccc(C)c(N2N=C(C(=O)N3CC4CCC(N)C4C3)CCC2=O)c1.Cl. The van der Waals surface area contributed by atoms with Crippen molar-refractivity contribution in [3.8, 4) is 0 Å². The van der Waals surface area contributed by atoms with Gasteiger partial charge in [-0.3, -0.25) is 9.59 Å². The third kappa shape index (κ3) is 3.60. The summed E-state index contributed by atoms with van der Waals surface area (Å²) in [5.41, 5.74) is 9.47. The molecule has 7 heteroatoms. The molecule has 0 spiro atoms. The van der Waals surface area contributed by atoms with Gasteiger partial charge < -0.3 is 10.6 Å². The Morgan fingerprint density at radius 3 is 2.70 bits per heavy atom. The van der Waals surface area contributed by atoms with E-state index in [1.807, 2.05) is 36.9 Å². The molecule has 2 heterocycles. The topological polar surface area (TPSA) is 79.0 Å². The van der Waals surface area contributed by atoms with Crippen LogP contribution in [0.4, 0.5) is 5.69 Å². The fourth-order valence-corrected chi connectivity index (χ4v) is 4.50. The molecule has 0 radical (unpaired) electrons. The lowest BCUT2D eigenvalue weighted by atomic mass is 9.98. The Balaban J connectivity index is 0.00000210. The molecular formula is C20H27ClN4O2. The van der Waals surface area contributed by atoms with Gasteiger partial charge in [0.2, 0.25) is 5.91 Å². The van der Waals surface area contributed by atoms with Crippen LogP contribution < -0.4 is 10.7 Å². The van der Waals surface area contributed by atoms with Gasteiger partial charge in [-0.25, -0.2) is 5.01 Å². The number of hydrazone groups is 1. The Labute approximate surface area is 166 Å². The number of nitrogens with two attached hydrogens (primary N) is 1. The molecule has 146 valence electrons. The van der Waals surface area contributed by atoms with Crippen LogP contribution in [0.25, 0.3) is 0 Å². The van der Waals surface area contributed by atoms with Crippen molar-refractivity contribution in [2.45, 2.75) is 45.6 Å². The Morgan fingerprint density at radius 1 is 1.19 bits per heavy atom. The van der Waals surface area contributed by atoms with Gasteiger partial charge in [-0.05, 0) is 55.7 Å². The fraction of sp³-hybridized carbons (Fsp3) is 0.550. The van der Waals surface area contributed by atoms with Crippen molar-refractivity contribution in [2.75, 3.05) is 18.1 Å². The van der Waals surface area contributed by atoms with E-state index in [9.17, 15) is 9.59 Å². The van der Waals surface area contributed by atoms with E-state index in [4.69, 9.17) is 5.73 Å². The van der Waals surface area contributed by atoms with Gasteiger partial charge in [-0.2, -0.15) is 5.10 Å². The number of rotatable bonds is 2. The molecule has 6 nitrogen and oxygen atoms in total. The number of aryl methyl sites for hydroxylation is 2. The molecule has 3 atom stereocenters. The quantitative estimate of drug-likeness (QED) is 0.842. The van der Waals surface area contributed by atoms with Gasteiger partial charge in [0.25, 0.3) is 5.91 Å². The lowest BCUT2D eigenvalue weighted by molar-refractivity contribution is -0.123. The molecule has 27 heavy (non-hydrogen) atoms. The molecule has 0 aromatic heterocycles. The fourth-order valence-electron chi connectivity index (χ4n) is 4.50. The van der Waals surface area contributed by atoms with Crippen molar-refractivity contribution in [1.29, 1.82) is 0 Å². The second kappa shape index (κ2) is 7.60. The summed E-state index contributed by atoms with van der Waals surface area (Å²) in [4.78, 5) is 27.3. The van der Waals surface area contributed by atoms with Gasteiger partial charge in [0.05, 0.1) is 5.69 Å². The predicted molar refractivity (Wildman–Crippen MR) is 108 cm³/mol. The molecular weight excluding hydrogens is 364 g/mol. The molecule has 2 aliphatic heterocycles. The van der Waals surface area contributed by atoms with Crippen LogP contribution in [0.1, 0.15) is 36.8 Å². The summed E-state index contributed by atoms with van der Waals surface area (Å²) < 4.78 is 0. The number of anilines is 1. The van der Waals surface area contributed by atoms with E-state index in [0.717, 1.165) is 42.7 Å². The van der Waals surface area contributed by atoms with Crippen LogP contribution in [0.5, 0.6) is 0 Å². The molecule has 3 unspecified atom stereocenters. The zero-order valence-electron chi connectivity index (χ0n) is 15.9. The van der Waals surface area contributed by atoms with Gasteiger partial charge in [0.15, 0.2) is 0 Å². The predicted octanol–water partition coefficient (Wildman–Crippen LogP) is 2.40. The van der Waals surface area contributed by atoms with E-state index in [1.54, 1.807) is 0 Å². The van der Waals surface area contributed by atoms with Crippen LogP contribution in [0, 0.1) is 25.7 Å². The van der Waals surface area contributed by atoms with Crippen molar-refractivity contribution < 1.29 is 9.59 Å². The third-order valence-corrected chi connectivity index (χ3v) is 6.07. The summed E-state index contributed by atoms with van der Waals surface area (Å²) in [6.45, 7) is 5.44. The van der Waals surface area contributed by atoms with E-state index in [-0.39, 0.29) is 30.3 Å². The van der Waals surface area contributed by atoms with Crippen LogP contribution in [-0.4, -0.2) is 41.6 Å². The second-order valence-electron chi connectivity index (χ2n) is 7.92. The first-order chi connectivity index (χ1) is 12.4. The van der Waals surface area contributed by atoms with Crippen molar-refractivity contribution in [2.24, 2.45) is 22.7 Å². The van der Waals surface area contributed by atoms with E-state index in [2.05, 4.69) is 5.10 Å². The number of carbonyl (C=O) groups excluding carboxylic acids is 2. The summed E-state index contributed by atoms with van der Waals surface area (Å²) in [7, 11) is 0. The number of fused-ring (bicyclic) bond motifs is 1. The Morgan fingerprint density at radius 2 is 1.96 bits per heavy atom. The van der Waals surface area contributed by atoms with Gasteiger partial charge >= 0.3 is 0 Å². The summed E-state index contributed by atoms with van der Waals surface area (Å²) in [5, 5.41) is 5.89. The first-order valence-electron chi connectivity index (χ1n) is 9.46. The van der Waals surface area contributed by atoms with E-state index >= 15 is 0 Å². The van der Waals surface area contributed by atoms with Crippen molar-refractivity contribution in [3.05, 3.63) is 29.3 Å². The summed E-state index contributed by atoms with van der Waals surface area (Å²) in [6.07, 6.45) is 2.90. The van der Waals surface area contributed by atoms with E-state index < -0.39 is 0 Å². The number of hydrogen-bond donors (Lipinski definition) is 1. The molecule has 1 aromatic carbocycles. The molecule has 1 saturated heterocycles.